The molecular formula is C12H15N3O2S2. The Kier molecular flexibility index (Phi) is 5.65. The van der Waals surface area contributed by atoms with E-state index < -0.39 is 9.84 Å². The van der Waals surface area contributed by atoms with E-state index in [4.69, 9.17) is 5.73 Å². The average molecular weight is 297 g/mol. The van der Waals surface area contributed by atoms with E-state index in [0.29, 0.717) is 4.90 Å². The first-order valence-corrected chi connectivity index (χ1v) is 7.60. The maximum absolute atomic E-state index is 11.6. The highest BCUT2D eigenvalue weighted by Crippen LogP contribution is 2.12. The molecule has 7 heteroatoms. The van der Waals surface area contributed by atoms with Crippen LogP contribution in [0.3, 0.4) is 0 Å². The average Bonchev–Trinajstić information content (AvgIpc) is 2.38. The zero-order valence-corrected chi connectivity index (χ0v) is 12.0. The number of hydrazone groups is 1. The van der Waals surface area contributed by atoms with Crippen LogP contribution in [0.1, 0.15) is 12.5 Å². The second kappa shape index (κ2) is 7.01. The van der Waals surface area contributed by atoms with Gasteiger partial charge < -0.3 is 5.73 Å². The molecule has 0 aliphatic heterocycles. The second-order valence-corrected chi connectivity index (χ2v) is 6.30. The number of nitrogens with one attached hydrogen (secondary N) is 1. The fourth-order valence-electron chi connectivity index (χ4n) is 1.25. The number of thiocarbonyl (C=S) groups is 1. The summed E-state index contributed by atoms with van der Waals surface area (Å²) < 4.78 is 23.2. The lowest BCUT2D eigenvalue weighted by Crippen LogP contribution is -2.23. The molecule has 0 unspecified atom stereocenters. The maximum atomic E-state index is 11.6. The van der Waals surface area contributed by atoms with Crippen molar-refractivity contribution in [1.82, 2.24) is 5.43 Å². The fraction of sp³-hybridized carbons (Fsp3) is 0.167. The van der Waals surface area contributed by atoms with Gasteiger partial charge in [-0.15, -0.1) is 0 Å². The van der Waals surface area contributed by atoms with Gasteiger partial charge in [-0.2, -0.15) is 5.10 Å². The van der Waals surface area contributed by atoms with Gasteiger partial charge >= 0.3 is 0 Å². The minimum atomic E-state index is -3.14. The molecule has 0 fully saturated rings. The van der Waals surface area contributed by atoms with Crippen molar-refractivity contribution in [1.29, 1.82) is 0 Å². The van der Waals surface area contributed by atoms with E-state index in [-0.39, 0.29) is 10.9 Å². The van der Waals surface area contributed by atoms with E-state index in [2.05, 4.69) is 22.7 Å². The Morgan fingerprint density at radius 3 is 2.58 bits per heavy atom. The Morgan fingerprint density at radius 2 is 2.05 bits per heavy atom. The Hall–Kier alpha value is -1.73. The van der Waals surface area contributed by atoms with Gasteiger partial charge in [-0.3, -0.25) is 5.43 Å². The number of hydrogen-bond donors (Lipinski definition) is 2. The van der Waals surface area contributed by atoms with Crippen LogP contribution >= 0.6 is 12.2 Å². The Labute approximate surface area is 118 Å². The highest BCUT2D eigenvalue weighted by Gasteiger charge is 2.09. The van der Waals surface area contributed by atoms with Crippen molar-refractivity contribution in [2.75, 3.05) is 5.75 Å². The number of nitrogens with zero attached hydrogens (tertiary/aromatic N) is 1. The maximum Gasteiger partial charge on any atom is 0.184 e. The summed E-state index contributed by atoms with van der Waals surface area (Å²) in [4.78, 5) is 0.330. The lowest BCUT2D eigenvalue weighted by atomic mass is 10.2. The predicted molar refractivity (Wildman–Crippen MR) is 81.6 cm³/mol. The monoisotopic (exact) mass is 297 g/mol. The second-order valence-electron chi connectivity index (χ2n) is 3.59. The Bertz CT molecular complexity index is 590. The summed E-state index contributed by atoms with van der Waals surface area (Å²) in [5, 5.41) is 3.83. The summed E-state index contributed by atoms with van der Waals surface area (Å²) in [5.41, 5.74) is 8.47. The van der Waals surface area contributed by atoms with E-state index in [1.165, 1.54) is 6.21 Å². The molecule has 0 amide bonds. The molecule has 0 aromatic heterocycles. The zero-order valence-electron chi connectivity index (χ0n) is 10.4. The Balaban J connectivity index is 2.70. The summed E-state index contributed by atoms with van der Waals surface area (Å²) in [6.45, 7) is 1.62. The van der Waals surface area contributed by atoms with Crippen molar-refractivity contribution < 1.29 is 8.42 Å². The molecule has 0 heterocycles. The molecule has 102 valence electrons. The largest absolute Gasteiger partial charge is 0.375 e. The number of rotatable bonds is 5. The fourth-order valence-corrected chi connectivity index (χ4v) is 2.19. The molecule has 5 nitrogen and oxygen atoms in total. The lowest BCUT2D eigenvalue weighted by molar-refractivity contribution is 0.597. The van der Waals surface area contributed by atoms with E-state index in [9.17, 15) is 8.42 Å². The normalized spacial score (nSPS) is 12.1. The van der Waals surface area contributed by atoms with Crippen LogP contribution in [0, 0.1) is 0 Å². The summed E-state index contributed by atoms with van der Waals surface area (Å²) in [7, 11) is -3.14. The summed E-state index contributed by atoms with van der Waals surface area (Å²) in [6, 6.07) is 6.63. The molecule has 0 spiro atoms. The molecule has 0 saturated heterocycles. The zero-order chi connectivity index (χ0) is 14.3. The van der Waals surface area contributed by atoms with Crippen LogP contribution in [0.2, 0.25) is 0 Å². The molecule has 1 aromatic carbocycles. The van der Waals surface area contributed by atoms with Crippen molar-refractivity contribution in [2.24, 2.45) is 10.8 Å². The third kappa shape index (κ3) is 5.19. The topological polar surface area (TPSA) is 84.5 Å². The first-order valence-electron chi connectivity index (χ1n) is 5.53. The van der Waals surface area contributed by atoms with Crippen molar-refractivity contribution in [3.05, 3.63) is 35.9 Å². The molecule has 0 aliphatic rings. The van der Waals surface area contributed by atoms with Gasteiger partial charge in [0.1, 0.15) is 0 Å². The van der Waals surface area contributed by atoms with E-state index in [1.54, 1.807) is 43.3 Å². The molecule has 0 aliphatic carbocycles. The van der Waals surface area contributed by atoms with Gasteiger partial charge in [0, 0.05) is 6.21 Å². The van der Waals surface area contributed by atoms with Gasteiger partial charge in [0.2, 0.25) is 0 Å². The highest BCUT2D eigenvalue weighted by molar-refractivity contribution is 7.91. The van der Waals surface area contributed by atoms with Gasteiger partial charge in [0.25, 0.3) is 0 Å². The highest BCUT2D eigenvalue weighted by atomic mass is 32.2. The van der Waals surface area contributed by atoms with Crippen molar-refractivity contribution in [3.8, 4) is 0 Å². The minimum absolute atomic E-state index is 0.0961. The van der Waals surface area contributed by atoms with Crippen LogP contribution in [0.15, 0.2) is 40.3 Å². The van der Waals surface area contributed by atoms with Crippen molar-refractivity contribution in [2.45, 2.75) is 11.8 Å². The van der Waals surface area contributed by atoms with Gasteiger partial charge in [-0.25, -0.2) is 8.42 Å². The van der Waals surface area contributed by atoms with E-state index in [1.807, 2.05) is 0 Å². The molecule has 0 radical (unpaired) electrons. The van der Waals surface area contributed by atoms with Crippen LogP contribution in [-0.4, -0.2) is 25.5 Å². The SMILES string of the molecule is CCS(=O)(=O)c1ccc(C=CC=NNC(N)=S)cc1. The van der Waals surface area contributed by atoms with Crippen molar-refractivity contribution in [3.63, 3.8) is 0 Å². The lowest BCUT2D eigenvalue weighted by Gasteiger charge is -2.01. The number of hydrogen-bond acceptors (Lipinski definition) is 4. The van der Waals surface area contributed by atoms with Gasteiger partial charge in [-0.05, 0) is 36.0 Å². The minimum Gasteiger partial charge on any atom is -0.375 e. The van der Waals surface area contributed by atoms with Crippen LogP contribution in [0.5, 0.6) is 0 Å². The quantitative estimate of drug-likeness (QED) is 0.486. The smallest absolute Gasteiger partial charge is 0.184 e. The van der Waals surface area contributed by atoms with E-state index >= 15 is 0 Å². The molecule has 0 atom stereocenters. The third-order valence-electron chi connectivity index (χ3n) is 2.24. The predicted octanol–water partition coefficient (Wildman–Crippen LogP) is 1.31. The molecule has 1 rings (SSSR count). The first-order chi connectivity index (χ1) is 8.95. The summed E-state index contributed by atoms with van der Waals surface area (Å²) in [5.74, 6) is 0.0967. The van der Waals surface area contributed by atoms with E-state index in [0.717, 1.165) is 5.56 Å². The molecule has 0 bridgehead atoms. The van der Waals surface area contributed by atoms with Crippen LogP contribution in [0.25, 0.3) is 6.08 Å². The van der Waals surface area contributed by atoms with Crippen molar-refractivity contribution >= 4 is 39.5 Å². The number of allylic oxidation sites excluding steroid dienone is 1. The Morgan fingerprint density at radius 1 is 1.42 bits per heavy atom. The first kappa shape index (κ1) is 15.3. The molecule has 1 aromatic rings. The number of sulfone groups is 1. The van der Waals surface area contributed by atoms with Gasteiger partial charge in [-0.1, -0.05) is 25.1 Å². The molecule has 0 saturated carbocycles. The van der Waals surface area contributed by atoms with Crippen LogP contribution < -0.4 is 11.2 Å². The van der Waals surface area contributed by atoms with Crippen LogP contribution in [0.4, 0.5) is 0 Å². The number of nitrogens with two attached hydrogens (primary N) is 1. The standard InChI is InChI=1S/C12H15N3O2S2/c1-2-19(16,17)11-7-5-10(6-8-11)4-3-9-14-15-12(13)18/h3-9H,2H2,1H3,(H3,13,15,18). The molecule has 3 N–H and O–H groups in total. The summed E-state index contributed by atoms with van der Waals surface area (Å²) in [6.07, 6.45) is 4.97. The molecule has 19 heavy (non-hydrogen) atoms. The summed E-state index contributed by atoms with van der Waals surface area (Å²) >= 11 is 4.57. The molecular weight excluding hydrogens is 282 g/mol. The third-order valence-corrected chi connectivity index (χ3v) is 4.09. The number of benzene rings is 1. The van der Waals surface area contributed by atoms with Gasteiger partial charge in [0.15, 0.2) is 14.9 Å². The van der Waals surface area contributed by atoms with Crippen LogP contribution in [-0.2, 0) is 9.84 Å². The van der Waals surface area contributed by atoms with Gasteiger partial charge in [0.05, 0.1) is 10.6 Å².